The summed E-state index contributed by atoms with van der Waals surface area (Å²) >= 11 is 3.55. The Morgan fingerprint density at radius 1 is 1.16 bits per heavy atom. The number of benzene rings is 1. The van der Waals surface area contributed by atoms with E-state index in [-0.39, 0.29) is 0 Å². The first-order chi connectivity index (χ1) is 9.15. The lowest BCUT2D eigenvalue weighted by Crippen LogP contribution is -2.18. The van der Waals surface area contributed by atoms with E-state index in [2.05, 4.69) is 51.1 Å². The summed E-state index contributed by atoms with van der Waals surface area (Å²) in [6.45, 7) is 8.61. The molecule has 0 bridgehead atoms. The van der Waals surface area contributed by atoms with Gasteiger partial charge in [-0.1, -0.05) is 41.9 Å². The Balaban J connectivity index is 0. The second kappa shape index (κ2) is 15.6. The molecule has 19 heavy (non-hydrogen) atoms. The molecule has 0 aliphatic heterocycles. The minimum atomic E-state index is 0.753. The van der Waals surface area contributed by atoms with Crippen LogP contribution >= 0.6 is 15.9 Å². The molecule has 1 aromatic rings. The van der Waals surface area contributed by atoms with Gasteiger partial charge in [-0.25, -0.2) is 0 Å². The van der Waals surface area contributed by atoms with Gasteiger partial charge in [-0.15, -0.1) is 0 Å². The van der Waals surface area contributed by atoms with Gasteiger partial charge in [0.1, 0.15) is 0 Å². The van der Waals surface area contributed by atoms with E-state index in [1.165, 1.54) is 15.6 Å². The van der Waals surface area contributed by atoms with Crippen LogP contribution in [0.1, 0.15) is 25.0 Å². The first kappa shape index (κ1) is 20.9. The molecule has 0 radical (unpaired) electrons. The van der Waals surface area contributed by atoms with Crippen molar-refractivity contribution in [3.05, 3.63) is 33.8 Å². The summed E-state index contributed by atoms with van der Waals surface area (Å²) in [4.78, 5) is 0. The third-order valence-corrected chi connectivity index (χ3v) is 2.75. The molecule has 0 heterocycles. The van der Waals surface area contributed by atoms with Crippen molar-refractivity contribution >= 4 is 15.9 Å². The van der Waals surface area contributed by atoms with Crippen molar-refractivity contribution in [2.24, 2.45) is 0 Å². The summed E-state index contributed by atoms with van der Waals surface area (Å²) in [6.07, 6.45) is 0. The van der Waals surface area contributed by atoms with E-state index >= 15 is 0 Å². The van der Waals surface area contributed by atoms with Crippen molar-refractivity contribution in [1.82, 2.24) is 5.32 Å². The average molecular weight is 334 g/mol. The maximum atomic E-state index is 4.95. The lowest BCUT2D eigenvalue weighted by molar-refractivity contribution is 0.199. The smallest absolute Gasteiger partial charge is 0.0587 e. The normalized spacial score (nSPS) is 9.00. The number of hydrogen-bond donors (Lipinski definition) is 1. The minimum Gasteiger partial charge on any atom is -0.388 e. The van der Waals surface area contributed by atoms with Crippen molar-refractivity contribution in [2.45, 2.75) is 27.3 Å². The van der Waals surface area contributed by atoms with Crippen molar-refractivity contribution in [2.75, 3.05) is 34.5 Å². The lowest BCUT2D eigenvalue weighted by atomic mass is 10.1. The minimum absolute atomic E-state index is 0.753. The zero-order valence-corrected chi connectivity index (χ0v) is 14.6. The summed E-state index contributed by atoms with van der Waals surface area (Å²) in [6, 6.07) is 6.39. The molecule has 1 rings (SSSR count). The standard InChI is InChI=1S/C11H16BrNO.C2H6O.C2H6/c1-9-3-4-10(11(12)7-9)8-13-5-6-14-2;1-3-2;1-2/h3-4,7,13H,5-6,8H2,1-2H3;1-2H3;1-2H3. The van der Waals surface area contributed by atoms with Crippen LogP contribution in [0.2, 0.25) is 0 Å². The van der Waals surface area contributed by atoms with Gasteiger partial charge in [0.2, 0.25) is 0 Å². The predicted molar refractivity (Wildman–Crippen MR) is 86.7 cm³/mol. The van der Waals surface area contributed by atoms with E-state index in [9.17, 15) is 0 Å². The van der Waals surface area contributed by atoms with Crippen LogP contribution in [0.25, 0.3) is 0 Å². The van der Waals surface area contributed by atoms with Gasteiger partial charge in [-0.05, 0) is 24.1 Å². The van der Waals surface area contributed by atoms with Crippen LogP contribution < -0.4 is 5.32 Å². The molecule has 0 amide bonds. The van der Waals surface area contributed by atoms with Gasteiger partial charge >= 0.3 is 0 Å². The Hall–Kier alpha value is -0.420. The van der Waals surface area contributed by atoms with Crippen LogP contribution in [0.5, 0.6) is 0 Å². The van der Waals surface area contributed by atoms with Crippen LogP contribution in [0.15, 0.2) is 22.7 Å². The highest BCUT2D eigenvalue weighted by molar-refractivity contribution is 9.10. The number of nitrogens with one attached hydrogen (secondary N) is 1. The molecule has 0 saturated heterocycles. The van der Waals surface area contributed by atoms with Gasteiger partial charge in [-0.3, -0.25) is 0 Å². The summed E-state index contributed by atoms with van der Waals surface area (Å²) in [7, 11) is 4.96. The largest absolute Gasteiger partial charge is 0.388 e. The third-order valence-electron chi connectivity index (χ3n) is 2.01. The van der Waals surface area contributed by atoms with Crippen LogP contribution in [0.4, 0.5) is 0 Å². The van der Waals surface area contributed by atoms with Crippen LogP contribution in [0.3, 0.4) is 0 Å². The maximum Gasteiger partial charge on any atom is 0.0587 e. The zero-order valence-electron chi connectivity index (χ0n) is 13.0. The number of rotatable bonds is 5. The number of hydrogen-bond acceptors (Lipinski definition) is 3. The first-order valence-electron chi connectivity index (χ1n) is 6.50. The molecule has 0 aromatic heterocycles. The van der Waals surface area contributed by atoms with Crippen molar-refractivity contribution in [1.29, 1.82) is 0 Å². The second-order valence-electron chi connectivity index (χ2n) is 3.67. The fraction of sp³-hybridized carbons (Fsp3) is 0.600. The van der Waals surface area contributed by atoms with Crippen LogP contribution in [-0.4, -0.2) is 34.5 Å². The van der Waals surface area contributed by atoms with E-state index in [1.54, 1.807) is 21.3 Å². The van der Waals surface area contributed by atoms with E-state index in [0.29, 0.717) is 0 Å². The summed E-state index contributed by atoms with van der Waals surface area (Å²) in [5, 5.41) is 3.31. The van der Waals surface area contributed by atoms with Gasteiger partial charge in [0.05, 0.1) is 6.61 Å². The quantitative estimate of drug-likeness (QED) is 0.831. The molecule has 0 fully saturated rings. The molecule has 0 unspecified atom stereocenters. The number of methoxy groups -OCH3 is 2. The second-order valence-corrected chi connectivity index (χ2v) is 4.53. The fourth-order valence-electron chi connectivity index (χ4n) is 1.19. The molecule has 0 aliphatic rings. The van der Waals surface area contributed by atoms with Gasteiger partial charge in [0, 0.05) is 38.9 Å². The van der Waals surface area contributed by atoms with Gasteiger partial charge in [0.25, 0.3) is 0 Å². The van der Waals surface area contributed by atoms with E-state index in [4.69, 9.17) is 4.74 Å². The Bertz CT molecular complexity index is 306. The highest BCUT2D eigenvalue weighted by Gasteiger charge is 1.98. The highest BCUT2D eigenvalue weighted by Crippen LogP contribution is 2.17. The Labute approximate surface area is 126 Å². The molecule has 0 atom stereocenters. The van der Waals surface area contributed by atoms with Crippen molar-refractivity contribution in [3.63, 3.8) is 0 Å². The first-order valence-corrected chi connectivity index (χ1v) is 7.29. The molecule has 1 aromatic carbocycles. The molecular weight excluding hydrogens is 306 g/mol. The lowest BCUT2D eigenvalue weighted by Gasteiger charge is -2.07. The Kier molecular flexibility index (Phi) is 17.2. The number of halogens is 1. The molecule has 1 N–H and O–H groups in total. The topological polar surface area (TPSA) is 30.5 Å². The molecular formula is C15H28BrNO2. The average Bonchev–Trinajstić information content (AvgIpc) is 2.40. The number of ether oxygens (including phenoxy) is 2. The fourth-order valence-corrected chi connectivity index (χ4v) is 1.83. The molecule has 3 nitrogen and oxygen atoms in total. The highest BCUT2D eigenvalue weighted by atomic mass is 79.9. The van der Waals surface area contributed by atoms with Crippen molar-refractivity contribution < 1.29 is 9.47 Å². The zero-order chi connectivity index (χ0) is 15.1. The maximum absolute atomic E-state index is 4.95. The molecule has 4 heteroatoms. The summed E-state index contributed by atoms with van der Waals surface area (Å²) in [5.41, 5.74) is 2.56. The monoisotopic (exact) mass is 333 g/mol. The van der Waals surface area contributed by atoms with Crippen LogP contribution in [0, 0.1) is 6.92 Å². The third kappa shape index (κ3) is 12.4. The molecule has 0 spiro atoms. The molecule has 0 aliphatic carbocycles. The van der Waals surface area contributed by atoms with E-state index < -0.39 is 0 Å². The van der Waals surface area contributed by atoms with Gasteiger partial charge in [-0.2, -0.15) is 0 Å². The molecule has 112 valence electrons. The predicted octanol–water partition coefficient (Wildman–Crippen LogP) is 3.78. The van der Waals surface area contributed by atoms with Gasteiger partial charge in [0.15, 0.2) is 0 Å². The summed E-state index contributed by atoms with van der Waals surface area (Å²) < 4.78 is 10.4. The van der Waals surface area contributed by atoms with Crippen molar-refractivity contribution in [3.8, 4) is 0 Å². The number of aryl methyl sites for hydroxylation is 1. The van der Waals surface area contributed by atoms with E-state index in [1.807, 2.05) is 13.8 Å². The van der Waals surface area contributed by atoms with Gasteiger partial charge < -0.3 is 14.8 Å². The molecule has 0 saturated carbocycles. The Morgan fingerprint density at radius 3 is 2.21 bits per heavy atom. The van der Waals surface area contributed by atoms with Crippen LogP contribution in [-0.2, 0) is 16.0 Å². The van der Waals surface area contributed by atoms with E-state index in [0.717, 1.165) is 19.7 Å². The summed E-state index contributed by atoms with van der Waals surface area (Å²) in [5.74, 6) is 0. The SMILES string of the molecule is CC.COC.COCCNCc1ccc(C)cc1Br. The Morgan fingerprint density at radius 2 is 1.74 bits per heavy atom.